The summed E-state index contributed by atoms with van der Waals surface area (Å²) in [5.74, 6) is 1.43. The van der Waals surface area contributed by atoms with Crippen molar-refractivity contribution >= 4 is 5.96 Å². The lowest BCUT2D eigenvalue weighted by Gasteiger charge is -2.11. The van der Waals surface area contributed by atoms with Crippen LogP contribution >= 0.6 is 0 Å². The largest absolute Gasteiger partial charge is 0.381 e. The van der Waals surface area contributed by atoms with Crippen LogP contribution in [0.2, 0.25) is 0 Å². The van der Waals surface area contributed by atoms with Crippen molar-refractivity contribution < 1.29 is 4.74 Å². The molecule has 6 nitrogen and oxygen atoms in total. The first kappa shape index (κ1) is 17.5. The van der Waals surface area contributed by atoms with Gasteiger partial charge in [-0.1, -0.05) is 13.8 Å². The molecule has 0 fully saturated rings. The number of aromatic nitrogens is 2. The molecule has 0 bridgehead atoms. The fourth-order valence-corrected chi connectivity index (χ4v) is 1.77. The summed E-state index contributed by atoms with van der Waals surface area (Å²) in [6, 6.07) is 0. The Morgan fingerprint density at radius 3 is 2.86 bits per heavy atom. The molecule has 6 heteroatoms. The maximum absolute atomic E-state index is 5.56. The summed E-state index contributed by atoms with van der Waals surface area (Å²) in [6.07, 6.45) is 4.80. The number of aliphatic imine (C=N–C) groups is 1. The summed E-state index contributed by atoms with van der Waals surface area (Å²) >= 11 is 0. The third kappa shape index (κ3) is 8.34. The lowest BCUT2D eigenvalue weighted by atomic mass is 10.2. The Hall–Kier alpha value is -1.56. The minimum absolute atomic E-state index is 0.594. The van der Waals surface area contributed by atoms with Crippen LogP contribution in [0, 0.1) is 5.92 Å². The SMILES string of the molecule is CCNC(=NCc1cnn(C)c1)NCCCOCC(C)C. The predicted molar refractivity (Wildman–Crippen MR) is 86.3 cm³/mol. The molecule has 0 spiro atoms. The van der Waals surface area contributed by atoms with Crippen LogP contribution < -0.4 is 10.6 Å². The Balaban J connectivity index is 2.25. The van der Waals surface area contributed by atoms with Crippen LogP contribution in [-0.4, -0.2) is 42.0 Å². The quantitative estimate of drug-likeness (QED) is 0.412. The predicted octanol–water partition coefficient (Wildman–Crippen LogP) is 1.54. The maximum atomic E-state index is 5.56. The van der Waals surface area contributed by atoms with Crippen molar-refractivity contribution in [2.75, 3.05) is 26.3 Å². The second-order valence-electron chi connectivity index (χ2n) is 5.47. The van der Waals surface area contributed by atoms with E-state index in [0.717, 1.165) is 44.2 Å². The number of ether oxygens (including phenoxy) is 1. The van der Waals surface area contributed by atoms with Crippen LogP contribution in [0.25, 0.3) is 0 Å². The van der Waals surface area contributed by atoms with Crippen molar-refractivity contribution in [3.63, 3.8) is 0 Å². The van der Waals surface area contributed by atoms with Crippen molar-refractivity contribution in [1.29, 1.82) is 0 Å². The molecule has 0 unspecified atom stereocenters. The van der Waals surface area contributed by atoms with Crippen LogP contribution in [-0.2, 0) is 18.3 Å². The number of nitrogens with one attached hydrogen (secondary N) is 2. The smallest absolute Gasteiger partial charge is 0.191 e. The van der Waals surface area contributed by atoms with Gasteiger partial charge in [0.1, 0.15) is 0 Å². The molecule has 1 heterocycles. The molecule has 0 aliphatic heterocycles. The van der Waals surface area contributed by atoms with Gasteiger partial charge in [0.15, 0.2) is 5.96 Å². The van der Waals surface area contributed by atoms with E-state index in [-0.39, 0.29) is 0 Å². The molecule has 0 aliphatic carbocycles. The summed E-state index contributed by atoms with van der Waals surface area (Å²) in [6.45, 7) is 10.3. The normalized spacial score (nSPS) is 12.0. The van der Waals surface area contributed by atoms with Crippen LogP contribution in [0.15, 0.2) is 17.4 Å². The molecule has 0 radical (unpaired) electrons. The summed E-state index contributed by atoms with van der Waals surface area (Å²) in [5.41, 5.74) is 1.11. The summed E-state index contributed by atoms with van der Waals surface area (Å²) in [7, 11) is 1.91. The van der Waals surface area contributed by atoms with Gasteiger partial charge in [-0.25, -0.2) is 4.99 Å². The molecule has 0 amide bonds. The van der Waals surface area contributed by atoms with Gasteiger partial charge < -0.3 is 15.4 Å². The second-order valence-corrected chi connectivity index (χ2v) is 5.47. The highest BCUT2D eigenvalue weighted by atomic mass is 16.5. The molecule has 1 aromatic heterocycles. The third-order valence-corrected chi connectivity index (χ3v) is 2.73. The second kappa shape index (κ2) is 10.2. The van der Waals surface area contributed by atoms with Crippen molar-refractivity contribution in [2.45, 2.75) is 33.7 Å². The van der Waals surface area contributed by atoms with E-state index in [0.29, 0.717) is 12.5 Å². The number of hydrogen-bond acceptors (Lipinski definition) is 3. The minimum atomic E-state index is 0.594. The fraction of sp³-hybridized carbons (Fsp3) is 0.733. The average molecular weight is 295 g/mol. The molecule has 0 aromatic carbocycles. The van der Waals surface area contributed by atoms with E-state index in [9.17, 15) is 0 Å². The number of rotatable bonds is 9. The molecule has 1 rings (SSSR count). The molecule has 0 saturated heterocycles. The van der Waals surface area contributed by atoms with Crippen molar-refractivity contribution in [2.24, 2.45) is 18.0 Å². The highest BCUT2D eigenvalue weighted by Gasteiger charge is 1.99. The van der Waals surface area contributed by atoms with Crippen LogP contribution in [0.4, 0.5) is 0 Å². The van der Waals surface area contributed by atoms with Gasteiger partial charge >= 0.3 is 0 Å². The van der Waals surface area contributed by atoms with E-state index in [4.69, 9.17) is 4.74 Å². The van der Waals surface area contributed by atoms with E-state index in [1.54, 1.807) is 4.68 Å². The van der Waals surface area contributed by atoms with Crippen LogP contribution in [0.5, 0.6) is 0 Å². The topological polar surface area (TPSA) is 63.5 Å². The summed E-state index contributed by atoms with van der Waals surface area (Å²) < 4.78 is 7.35. The van der Waals surface area contributed by atoms with Gasteiger partial charge in [-0.05, 0) is 19.3 Å². The van der Waals surface area contributed by atoms with Gasteiger partial charge in [0.05, 0.1) is 12.7 Å². The molecule has 0 saturated carbocycles. The maximum Gasteiger partial charge on any atom is 0.191 e. The molecule has 1 aromatic rings. The van der Waals surface area contributed by atoms with E-state index in [2.05, 4.69) is 41.5 Å². The first-order valence-corrected chi connectivity index (χ1v) is 7.69. The van der Waals surface area contributed by atoms with E-state index < -0.39 is 0 Å². The fourth-order valence-electron chi connectivity index (χ4n) is 1.77. The third-order valence-electron chi connectivity index (χ3n) is 2.73. The number of aryl methyl sites for hydroxylation is 1. The Kier molecular flexibility index (Phi) is 8.50. The number of guanidine groups is 1. The first-order valence-electron chi connectivity index (χ1n) is 7.69. The molecule has 2 N–H and O–H groups in total. The minimum Gasteiger partial charge on any atom is -0.381 e. The Bertz CT molecular complexity index is 414. The number of nitrogens with zero attached hydrogens (tertiary/aromatic N) is 3. The van der Waals surface area contributed by atoms with Gasteiger partial charge in [0.2, 0.25) is 0 Å². The zero-order chi connectivity index (χ0) is 15.5. The Morgan fingerprint density at radius 2 is 2.24 bits per heavy atom. The van der Waals surface area contributed by atoms with Gasteiger partial charge in [-0.2, -0.15) is 5.10 Å². The molecule has 21 heavy (non-hydrogen) atoms. The van der Waals surface area contributed by atoms with Crippen LogP contribution in [0.1, 0.15) is 32.8 Å². The monoisotopic (exact) mass is 295 g/mol. The van der Waals surface area contributed by atoms with Gasteiger partial charge in [0, 0.05) is 45.1 Å². The zero-order valence-electron chi connectivity index (χ0n) is 13.7. The van der Waals surface area contributed by atoms with Crippen LogP contribution in [0.3, 0.4) is 0 Å². The van der Waals surface area contributed by atoms with Crippen molar-refractivity contribution in [3.8, 4) is 0 Å². The first-order chi connectivity index (χ1) is 10.1. The van der Waals surface area contributed by atoms with Gasteiger partial charge in [0.25, 0.3) is 0 Å². The molecule has 0 aliphatic rings. The number of hydrogen-bond donors (Lipinski definition) is 2. The standard InChI is InChI=1S/C15H29N5O/c1-5-16-15(17-7-6-8-21-12-13(2)3)18-9-14-10-19-20(4)11-14/h10-11,13H,5-9,12H2,1-4H3,(H2,16,17,18). The van der Waals surface area contributed by atoms with E-state index in [1.165, 1.54) is 0 Å². The lowest BCUT2D eigenvalue weighted by Crippen LogP contribution is -2.38. The van der Waals surface area contributed by atoms with Crippen molar-refractivity contribution in [3.05, 3.63) is 18.0 Å². The average Bonchev–Trinajstić information content (AvgIpc) is 2.85. The van der Waals surface area contributed by atoms with Gasteiger partial charge in [-0.15, -0.1) is 0 Å². The summed E-state index contributed by atoms with van der Waals surface area (Å²) in [5, 5.41) is 10.7. The van der Waals surface area contributed by atoms with E-state index >= 15 is 0 Å². The molecule has 0 atom stereocenters. The Labute approximate surface area is 128 Å². The highest BCUT2D eigenvalue weighted by molar-refractivity contribution is 5.79. The summed E-state index contributed by atoms with van der Waals surface area (Å²) in [4.78, 5) is 4.54. The van der Waals surface area contributed by atoms with Crippen molar-refractivity contribution in [1.82, 2.24) is 20.4 Å². The lowest BCUT2D eigenvalue weighted by molar-refractivity contribution is 0.108. The highest BCUT2D eigenvalue weighted by Crippen LogP contribution is 1.98. The molecular formula is C15H29N5O. The Morgan fingerprint density at radius 1 is 1.43 bits per heavy atom. The molecular weight excluding hydrogens is 266 g/mol. The van der Waals surface area contributed by atoms with Gasteiger partial charge in [-0.3, -0.25) is 4.68 Å². The molecule has 120 valence electrons. The van der Waals surface area contributed by atoms with E-state index in [1.807, 2.05) is 19.4 Å². The zero-order valence-corrected chi connectivity index (χ0v) is 13.7.